The van der Waals surface area contributed by atoms with Crippen molar-refractivity contribution in [1.29, 1.82) is 0 Å². The van der Waals surface area contributed by atoms with Crippen LogP contribution in [-0.4, -0.2) is 34.8 Å². The highest BCUT2D eigenvalue weighted by molar-refractivity contribution is 6.08. The van der Waals surface area contributed by atoms with Crippen molar-refractivity contribution in [3.63, 3.8) is 0 Å². The average molecular weight is 357 g/mol. The first-order valence-electron chi connectivity index (χ1n) is 9.23. The molecule has 0 unspecified atom stereocenters. The van der Waals surface area contributed by atoms with Crippen LogP contribution in [0.2, 0.25) is 0 Å². The van der Waals surface area contributed by atoms with E-state index in [4.69, 9.17) is 0 Å². The number of aromatic nitrogens is 1. The highest BCUT2D eigenvalue weighted by atomic mass is 16.2. The largest absolute Gasteiger partial charge is 0.336 e. The van der Waals surface area contributed by atoms with E-state index in [0.29, 0.717) is 18.8 Å². The second-order valence-corrected chi connectivity index (χ2v) is 7.29. The minimum absolute atomic E-state index is 0.00733. The lowest BCUT2D eigenvalue weighted by atomic mass is 9.75. The lowest BCUT2D eigenvalue weighted by Crippen LogP contribution is -2.52. The Morgan fingerprint density at radius 3 is 2.81 bits per heavy atom. The van der Waals surface area contributed by atoms with E-state index >= 15 is 0 Å². The van der Waals surface area contributed by atoms with Gasteiger partial charge in [0.25, 0.3) is 5.91 Å². The number of carbonyl (C=O) groups is 2. The highest BCUT2D eigenvalue weighted by Crippen LogP contribution is 2.43. The number of amides is 2. The highest BCUT2D eigenvalue weighted by Gasteiger charge is 2.50. The molecule has 0 saturated carbocycles. The average Bonchev–Trinajstić information content (AvgIpc) is 2.98. The monoisotopic (exact) mass is 357 g/mol. The fraction of sp³-hybridized carbons (Fsp3) is 0.227. The number of nitrogens with zero attached hydrogens (tertiary/aromatic N) is 2. The van der Waals surface area contributed by atoms with E-state index in [-0.39, 0.29) is 11.8 Å². The molecule has 2 aromatic carbocycles. The van der Waals surface area contributed by atoms with Crippen molar-refractivity contribution in [3.05, 3.63) is 72.1 Å². The van der Waals surface area contributed by atoms with Crippen LogP contribution < -0.4 is 5.32 Å². The van der Waals surface area contributed by atoms with Crippen LogP contribution in [-0.2, 0) is 10.2 Å². The summed E-state index contributed by atoms with van der Waals surface area (Å²) in [4.78, 5) is 32.3. The lowest BCUT2D eigenvalue weighted by Gasteiger charge is -2.39. The first-order valence-corrected chi connectivity index (χ1v) is 9.23. The van der Waals surface area contributed by atoms with Gasteiger partial charge in [0.1, 0.15) is 5.69 Å². The molecule has 2 aliphatic rings. The van der Waals surface area contributed by atoms with Crippen LogP contribution in [0, 0.1) is 0 Å². The number of carbonyl (C=O) groups excluding carboxylic acids is 2. The van der Waals surface area contributed by atoms with Crippen molar-refractivity contribution in [2.24, 2.45) is 0 Å². The van der Waals surface area contributed by atoms with E-state index < -0.39 is 5.41 Å². The number of likely N-dealkylation sites (tertiary alicyclic amines) is 1. The second kappa shape index (κ2) is 5.91. The molecule has 2 aliphatic heterocycles. The summed E-state index contributed by atoms with van der Waals surface area (Å²) in [5, 5.41) is 4.83. The number of anilines is 1. The molecule has 1 fully saturated rings. The minimum atomic E-state index is -0.658. The molecular weight excluding hydrogens is 338 g/mol. The van der Waals surface area contributed by atoms with Gasteiger partial charge in [-0.15, -0.1) is 0 Å². The summed E-state index contributed by atoms with van der Waals surface area (Å²) in [7, 11) is 0. The van der Waals surface area contributed by atoms with Gasteiger partial charge in [-0.3, -0.25) is 14.6 Å². The first kappa shape index (κ1) is 16.0. The number of hydrogen-bond donors (Lipinski definition) is 1. The molecule has 27 heavy (non-hydrogen) atoms. The Balaban J connectivity index is 1.53. The van der Waals surface area contributed by atoms with Gasteiger partial charge in [-0.2, -0.15) is 0 Å². The molecule has 134 valence electrons. The van der Waals surface area contributed by atoms with E-state index in [1.165, 1.54) is 0 Å². The Morgan fingerprint density at radius 1 is 1.07 bits per heavy atom. The van der Waals surface area contributed by atoms with Gasteiger partial charge < -0.3 is 10.2 Å². The molecule has 1 spiro atoms. The molecule has 1 atom stereocenters. The predicted molar refractivity (Wildman–Crippen MR) is 104 cm³/mol. The summed E-state index contributed by atoms with van der Waals surface area (Å²) in [5.41, 5.74) is 1.66. The predicted octanol–water partition coefficient (Wildman–Crippen LogP) is 3.36. The standard InChI is InChI=1S/C22H19N3O2/c26-20(19-16-7-2-1-6-15(16)10-12-23-19)25-13-5-11-22(14-25)17-8-3-4-9-18(17)24-21(22)27/h1-4,6-10,12H,5,11,13-14H2,(H,24,27)/t22-/m1/s1. The summed E-state index contributed by atoms with van der Waals surface area (Å²) in [5.74, 6) is -0.116. The molecule has 3 aromatic rings. The van der Waals surface area contributed by atoms with Crippen LogP contribution in [0.15, 0.2) is 60.8 Å². The number of para-hydroxylation sites is 1. The van der Waals surface area contributed by atoms with Gasteiger partial charge in [0, 0.05) is 30.4 Å². The van der Waals surface area contributed by atoms with Gasteiger partial charge in [-0.1, -0.05) is 42.5 Å². The maximum absolute atomic E-state index is 13.3. The summed E-state index contributed by atoms with van der Waals surface area (Å²) >= 11 is 0. The molecular formula is C22H19N3O2. The zero-order valence-electron chi connectivity index (χ0n) is 14.8. The topological polar surface area (TPSA) is 62.3 Å². The van der Waals surface area contributed by atoms with Gasteiger partial charge in [-0.25, -0.2) is 0 Å². The van der Waals surface area contributed by atoms with Crippen LogP contribution in [0.5, 0.6) is 0 Å². The van der Waals surface area contributed by atoms with Crippen LogP contribution >= 0.6 is 0 Å². The number of hydrogen-bond acceptors (Lipinski definition) is 3. The molecule has 5 rings (SSSR count). The molecule has 3 heterocycles. The third kappa shape index (κ3) is 2.35. The van der Waals surface area contributed by atoms with Crippen LogP contribution in [0.25, 0.3) is 10.8 Å². The third-order valence-corrected chi connectivity index (χ3v) is 5.78. The third-order valence-electron chi connectivity index (χ3n) is 5.78. The number of nitrogens with one attached hydrogen (secondary N) is 1. The molecule has 5 heteroatoms. The fourth-order valence-electron chi connectivity index (χ4n) is 4.45. The number of pyridine rings is 1. The van der Waals surface area contributed by atoms with Crippen LogP contribution in [0.1, 0.15) is 28.9 Å². The van der Waals surface area contributed by atoms with Gasteiger partial charge in [0.05, 0.1) is 5.41 Å². The molecule has 0 radical (unpaired) electrons. The van der Waals surface area contributed by atoms with Crippen molar-refractivity contribution in [2.45, 2.75) is 18.3 Å². The Kier molecular flexibility index (Phi) is 3.50. The number of fused-ring (bicyclic) bond motifs is 3. The maximum atomic E-state index is 13.3. The van der Waals surface area contributed by atoms with Gasteiger partial charge in [0.15, 0.2) is 0 Å². The van der Waals surface area contributed by atoms with E-state index in [9.17, 15) is 9.59 Å². The van der Waals surface area contributed by atoms with Crippen molar-refractivity contribution < 1.29 is 9.59 Å². The number of benzene rings is 2. The molecule has 1 N–H and O–H groups in total. The molecule has 1 aromatic heterocycles. The normalized spacial score (nSPS) is 21.3. The molecule has 1 saturated heterocycles. The van der Waals surface area contributed by atoms with Crippen molar-refractivity contribution >= 4 is 28.3 Å². The number of piperidine rings is 1. The van der Waals surface area contributed by atoms with E-state index in [1.54, 1.807) is 11.1 Å². The quantitative estimate of drug-likeness (QED) is 0.726. The lowest BCUT2D eigenvalue weighted by molar-refractivity contribution is -0.122. The van der Waals surface area contributed by atoms with E-state index in [2.05, 4.69) is 10.3 Å². The van der Waals surface area contributed by atoms with E-state index in [0.717, 1.165) is 34.9 Å². The Hall–Kier alpha value is -3.21. The number of rotatable bonds is 1. The van der Waals surface area contributed by atoms with Crippen molar-refractivity contribution in [2.75, 3.05) is 18.4 Å². The summed E-state index contributed by atoms with van der Waals surface area (Å²) in [6, 6.07) is 17.5. The molecule has 0 bridgehead atoms. The zero-order valence-corrected chi connectivity index (χ0v) is 14.8. The van der Waals surface area contributed by atoms with Crippen LogP contribution in [0.3, 0.4) is 0 Å². The summed E-state index contributed by atoms with van der Waals surface area (Å²) < 4.78 is 0. The van der Waals surface area contributed by atoms with E-state index in [1.807, 2.05) is 54.6 Å². The van der Waals surface area contributed by atoms with Gasteiger partial charge in [0.2, 0.25) is 5.91 Å². The van der Waals surface area contributed by atoms with Gasteiger partial charge >= 0.3 is 0 Å². The first-order chi connectivity index (χ1) is 13.2. The molecule has 5 nitrogen and oxygen atoms in total. The summed E-state index contributed by atoms with van der Waals surface area (Å²) in [6.07, 6.45) is 3.22. The SMILES string of the molecule is O=C(c1nccc2ccccc12)N1CCC[C@]2(C1)C(=O)Nc1ccccc12. The zero-order chi connectivity index (χ0) is 18.4. The smallest absolute Gasteiger partial charge is 0.273 e. The molecule has 0 aliphatic carbocycles. The summed E-state index contributed by atoms with van der Waals surface area (Å²) in [6.45, 7) is 1.03. The Labute approximate surface area is 157 Å². The Bertz CT molecular complexity index is 1070. The Morgan fingerprint density at radius 2 is 1.89 bits per heavy atom. The molecule has 2 amide bonds. The second-order valence-electron chi connectivity index (χ2n) is 7.29. The van der Waals surface area contributed by atoms with Crippen LogP contribution in [0.4, 0.5) is 5.69 Å². The van der Waals surface area contributed by atoms with Crippen molar-refractivity contribution in [3.8, 4) is 0 Å². The fourth-order valence-corrected chi connectivity index (χ4v) is 4.45. The minimum Gasteiger partial charge on any atom is -0.336 e. The van der Waals surface area contributed by atoms with Crippen molar-refractivity contribution in [1.82, 2.24) is 9.88 Å². The van der Waals surface area contributed by atoms with Gasteiger partial charge in [-0.05, 0) is 35.9 Å². The maximum Gasteiger partial charge on any atom is 0.273 e.